The fourth-order valence-electron chi connectivity index (χ4n) is 2.86. The Balaban J connectivity index is 1.48. The van der Waals surface area contributed by atoms with E-state index in [-0.39, 0.29) is 11.3 Å². The zero-order valence-electron chi connectivity index (χ0n) is 14.2. The van der Waals surface area contributed by atoms with E-state index in [1.807, 2.05) is 42.6 Å². The van der Waals surface area contributed by atoms with Crippen molar-refractivity contribution >= 4 is 17.7 Å². The van der Waals surface area contributed by atoms with Crippen LogP contribution in [0.4, 0.5) is 0 Å². The van der Waals surface area contributed by atoms with E-state index in [0.29, 0.717) is 18.8 Å². The predicted octanol–water partition coefficient (Wildman–Crippen LogP) is 2.70. The van der Waals surface area contributed by atoms with Crippen LogP contribution >= 0.6 is 11.8 Å². The molecular formula is C18H18N4O3S. The molecule has 1 aliphatic rings. The maximum absolute atomic E-state index is 12.2. The van der Waals surface area contributed by atoms with Gasteiger partial charge in [0.2, 0.25) is 5.91 Å². The smallest absolute Gasteiger partial charge is 0.234 e. The zero-order valence-corrected chi connectivity index (χ0v) is 15.1. The lowest BCUT2D eigenvalue weighted by Crippen LogP contribution is -2.27. The molecule has 1 atom stereocenters. The molecule has 0 radical (unpaired) electrons. The third-order valence-electron chi connectivity index (χ3n) is 4.19. The van der Waals surface area contributed by atoms with E-state index in [1.54, 1.807) is 34.7 Å². The van der Waals surface area contributed by atoms with Crippen LogP contribution < -0.4 is 4.74 Å². The minimum absolute atomic E-state index is 0.0844. The van der Waals surface area contributed by atoms with Crippen molar-refractivity contribution in [2.45, 2.75) is 18.5 Å². The van der Waals surface area contributed by atoms with Gasteiger partial charge in [0.15, 0.2) is 0 Å². The second-order valence-electron chi connectivity index (χ2n) is 5.95. The maximum Gasteiger partial charge on any atom is 0.234 e. The van der Waals surface area contributed by atoms with Crippen LogP contribution in [0.5, 0.6) is 5.75 Å². The molecule has 0 bridgehead atoms. The van der Waals surface area contributed by atoms with Crippen molar-refractivity contribution in [3.8, 4) is 5.75 Å². The fraction of sp³-hybridized carbons (Fsp3) is 0.278. The molecule has 0 N–H and O–H groups in total. The fourth-order valence-corrected chi connectivity index (χ4v) is 3.98. The van der Waals surface area contributed by atoms with Gasteiger partial charge in [-0.3, -0.25) is 4.79 Å². The number of nitrogens with zero attached hydrogens (tertiary/aromatic N) is 4. The highest BCUT2D eigenvalue weighted by molar-refractivity contribution is 8.00. The van der Waals surface area contributed by atoms with E-state index in [9.17, 15) is 4.79 Å². The number of methoxy groups -OCH3 is 1. The van der Waals surface area contributed by atoms with Crippen molar-refractivity contribution in [1.82, 2.24) is 19.9 Å². The Morgan fingerprint density at radius 3 is 2.85 bits per heavy atom. The summed E-state index contributed by atoms with van der Waals surface area (Å²) in [5, 5.41) is 8.36. The molecule has 2 aromatic heterocycles. The Morgan fingerprint density at radius 2 is 2.12 bits per heavy atom. The lowest BCUT2D eigenvalue weighted by Gasteiger charge is -2.20. The largest absolute Gasteiger partial charge is 0.497 e. The van der Waals surface area contributed by atoms with Crippen LogP contribution in [0, 0.1) is 0 Å². The molecule has 1 fully saturated rings. The van der Waals surface area contributed by atoms with E-state index in [1.165, 1.54) is 0 Å². The molecule has 1 aromatic carbocycles. The summed E-state index contributed by atoms with van der Waals surface area (Å²) in [6, 6.07) is 11.5. The third kappa shape index (κ3) is 3.45. The van der Waals surface area contributed by atoms with Crippen LogP contribution in [0.25, 0.3) is 0 Å². The SMILES string of the molecule is COc1ccc(Cn2cc([C@@H]3SCC(=O)N3Cc3ccco3)nn2)cc1. The molecule has 1 amide bonds. The van der Waals surface area contributed by atoms with Gasteiger partial charge >= 0.3 is 0 Å². The number of rotatable bonds is 6. The Kier molecular flexibility index (Phi) is 4.66. The Morgan fingerprint density at radius 1 is 1.27 bits per heavy atom. The van der Waals surface area contributed by atoms with Crippen molar-refractivity contribution in [2.24, 2.45) is 0 Å². The van der Waals surface area contributed by atoms with Crippen molar-refractivity contribution in [1.29, 1.82) is 0 Å². The molecule has 7 nitrogen and oxygen atoms in total. The number of carbonyl (C=O) groups excluding carboxylic acids is 1. The normalized spacial score (nSPS) is 17.0. The van der Waals surface area contributed by atoms with Crippen molar-refractivity contribution in [2.75, 3.05) is 12.9 Å². The van der Waals surface area contributed by atoms with Crippen LogP contribution in [0.3, 0.4) is 0 Å². The molecule has 8 heteroatoms. The summed E-state index contributed by atoms with van der Waals surface area (Å²) in [5.74, 6) is 2.11. The summed E-state index contributed by atoms with van der Waals surface area (Å²) >= 11 is 1.56. The van der Waals surface area contributed by atoms with Gasteiger partial charge in [-0.05, 0) is 29.8 Å². The van der Waals surface area contributed by atoms with Crippen molar-refractivity contribution in [3.05, 3.63) is 65.9 Å². The zero-order chi connectivity index (χ0) is 17.9. The first-order chi connectivity index (χ1) is 12.7. The van der Waals surface area contributed by atoms with E-state index >= 15 is 0 Å². The molecule has 0 aliphatic carbocycles. The van der Waals surface area contributed by atoms with E-state index in [4.69, 9.17) is 9.15 Å². The van der Waals surface area contributed by atoms with E-state index in [2.05, 4.69) is 10.3 Å². The average Bonchev–Trinajstić information content (AvgIpc) is 3.39. The monoisotopic (exact) mass is 370 g/mol. The van der Waals surface area contributed by atoms with E-state index < -0.39 is 0 Å². The molecule has 134 valence electrons. The molecule has 1 saturated heterocycles. The van der Waals surface area contributed by atoms with Gasteiger partial charge in [-0.2, -0.15) is 0 Å². The summed E-state index contributed by atoms with van der Waals surface area (Å²) in [6.45, 7) is 1.05. The lowest BCUT2D eigenvalue weighted by molar-refractivity contribution is -0.128. The van der Waals surface area contributed by atoms with Gasteiger partial charge < -0.3 is 14.1 Å². The number of ether oxygens (including phenoxy) is 1. The van der Waals surface area contributed by atoms with Gasteiger partial charge in [0.1, 0.15) is 22.6 Å². The average molecular weight is 370 g/mol. The van der Waals surface area contributed by atoms with Crippen LogP contribution in [0.1, 0.15) is 22.4 Å². The van der Waals surface area contributed by atoms with E-state index in [0.717, 1.165) is 22.8 Å². The maximum atomic E-state index is 12.2. The second-order valence-corrected chi connectivity index (χ2v) is 7.02. The number of hydrogen-bond donors (Lipinski definition) is 0. The summed E-state index contributed by atoms with van der Waals surface area (Å²) in [5.41, 5.74) is 1.88. The Bertz CT molecular complexity index is 876. The summed E-state index contributed by atoms with van der Waals surface area (Å²) in [4.78, 5) is 14.0. The molecule has 0 spiro atoms. The minimum Gasteiger partial charge on any atom is -0.497 e. The molecule has 4 rings (SSSR count). The summed E-state index contributed by atoms with van der Waals surface area (Å²) in [6.07, 6.45) is 3.51. The Hall–Kier alpha value is -2.74. The first kappa shape index (κ1) is 16.7. The predicted molar refractivity (Wildman–Crippen MR) is 96.6 cm³/mol. The van der Waals surface area contributed by atoms with Crippen LogP contribution in [-0.4, -0.2) is 38.7 Å². The summed E-state index contributed by atoms with van der Waals surface area (Å²) < 4.78 is 12.3. The first-order valence-corrected chi connectivity index (χ1v) is 9.24. The van der Waals surface area contributed by atoms with Gasteiger partial charge in [0.05, 0.1) is 38.4 Å². The lowest BCUT2D eigenvalue weighted by atomic mass is 10.2. The number of aromatic nitrogens is 3. The molecule has 1 aliphatic heterocycles. The highest BCUT2D eigenvalue weighted by atomic mass is 32.2. The summed E-state index contributed by atoms with van der Waals surface area (Å²) in [7, 11) is 1.65. The number of benzene rings is 1. The van der Waals surface area contributed by atoms with Gasteiger partial charge in [-0.1, -0.05) is 17.3 Å². The topological polar surface area (TPSA) is 73.4 Å². The molecule has 0 saturated carbocycles. The molecule has 3 heterocycles. The van der Waals surface area contributed by atoms with Crippen LogP contribution in [0.2, 0.25) is 0 Å². The number of furan rings is 1. The molecule has 3 aromatic rings. The quantitative estimate of drug-likeness (QED) is 0.664. The van der Waals surface area contributed by atoms with Gasteiger partial charge in [-0.15, -0.1) is 16.9 Å². The standard InChI is InChI=1S/C18H18N4O3S/c1-24-14-6-4-13(5-7-14)9-21-11-16(19-20-21)18-22(17(23)12-26-18)10-15-3-2-8-25-15/h2-8,11,18H,9-10,12H2,1H3/t18-/m0/s1. The molecular weight excluding hydrogens is 352 g/mol. The highest BCUT2D eigenvalue weighted by Gasteiger charge is 2.35. The Labute approximate surface area is 154 Å². The van der Waals surface area contributed by atoms with Gasteiger partial charge in [-0.25, -0.2) is 4.68 Å². The third-order valence-corrected chi connectivity index (χ3v) is 5.41. The second kappa shape index (κ2) is 7.25. The molecule has 0 unspecified atom stereocenters. The van der Waals surface area contributed by atoms with Gasteiger partial charge in [0, 0.05) is 0 Å². The number of thioether (sulfide) groups is 1. The molecule has 26 heavy (non-hydrogen) atoms. The highest BCUT2D eigenvalue weighted by Crippen LogP contribution is 2.38. The first-order valence-electron chi connectivity index (χ1n) is 8.19. The number of hydrogen-bond acceptors (Lipinski definition) is 6. The minimum atomic E-state index is -0.141. The van der Waals surface area contributed by atoms with Crippen LogP contribution in [0.15, 0.2) is 53.3 Å². The number of carbonyl (C=O) groups is 1. The van der Waals surface area contributed by atoms with Crippen molar-refractivity contribution in [3.63, 3.8) is 0 Å². The van der Waals surface area contributed by atoms with Gasteiger partial charge in [0.25, 0.3) is 0 Å². The van der Waals surface area contributed by atoms with Crippen LogP contribution in [-0.2, 0) is 17.9 Å². The number of amides is 1. The van der Waals surface area contributed by atoms with Crippen molar-refractivity contribution < 1.29 is 13.9 Å².